The van der Waals surface area contributed by atoms with Crippen LogP contribution >= 0.6 is 0 Å². The fourth-order valence-corrected chi connectivity index (χ4v) is 2.11. The third-order valence-corrected chi connectivity index (χ3v) is 2.98. The van der Waals surface area contributed by atoms with Crippen LogP contribution in [0.3, 0.4) is 0 Å². The predicted molar refractivity (Wildman–Crippen MR) is 68.9 cm³/mol. The van der Waals surface area contributed by atoms with Crippen LogP contribution in [0.15, 0.2) is 12.1 Å². The van der Waals surface area contributed by atoms with Crippen LogP contribution in [0.25, 0.3) is 0 Å². The molecule has 2 nitrogen and oxygen atoms in total. The van der Waals surface area contributed by atoms with Crippen molar-refractivity contribution in [3.05, 3.63) is 28.8 Å². The van der Waals surface area contributed by atoms with Gasteiger partial charge < -0.3 is 4.90 Å². The summed E-state index contributed by atoms with van der Waals surface area (Å²) in [7, 11) is 4.04. The maximum atomic E-state index is 8.91. The van der Waals surface area contributed by atoms with Crippen molar-refractivity contribution in [3.63, 3.8) is 0 Å². The molecular weight excluding hydrogens is 196 g/mol. The van der Waals surface area contributed by atoms with Gasteiger partial charge in [0.1, 0.15) is 0 Å². The van der Waals surface area contributed by atoms with E-state index in [9.17, 15) is 0 Å². The highest BCUT2D eigenvalue weighted by Crippen LogP contribution is 2.29. The summed E-state index contributed by atoms with van der Waals surface area (Å²) in [6.07, 6.45) is 0.486. The van der Waals surface area contributed by atoms with Crippen LogP contribution in [-0.4, -0.2) is 14.1 Å². The van der Waals surface area contributed by atoms with E-state index in [0.717, 1.165) is 5.69 Å². The maximum absolute atomic E-state index is 8.91. The zero-order valence-corrected chi connectivity index (χ0v) is 10.8. The third-order valence-electron chi connectivity index (χ3n) is 2.98. The normalized spacial score (nSPS) is 10.3. The van der Waals surface area contributed by atoms with E-state index in [2.05, 4.69) is 43.9 Å². The highest BCUT2D eigenvalue weighted by atomic mass is 15.1. The Hall–Kier alpha value is -1.49. The monoisotopic (exact) mass is 216 g/mol. The maximum Gasteiger partial charge on any atom is 0.0670 e. The summed E-state index contributed by atoms with van der Waals surface area (Å²) >= 11 is 0. The number of benzene rings is 1. The average molecular weight is 216 g/mol. The van der Waals surface area contributed by atoms with Crippen molar-refractivity contribution in [1.82, 2.24) is 0 Å². The zero-order chi connectivity index (χ0) is 12.3. The van der Waals surface area contributed by atoms with Gasteiger partial charge in [0.05, 0.1) is 12.5 Å². The molecule has 0 heterocycles. The molecule has 0 aromatic heterocycles. The minimum absolute atomic E-state index is 0.486. The highest BCUT2D eigenvalue weighted by Gasteiger charge is 2.12. The lowest BCUT2D eigenvalue weighted by Crippen LogP contribution is -2.13. The van der Waals surface area contributed by atoms with E-state index >= 15 is 0 Å². The third kappa shape index (κ3) is 2.36. The molecule has 1 aromatic carbocycles. The summed E-state index contributed by atoms with van der Waals surface area (Å²) in [6, 6.07) is 6.56. The van der Waals surface area contributed by atoms with Crippen LogP contribution in [-0.2, 0) is 6.42 Å². The minimum Gasteiger partial charge on any atom is -0.377 e. The quantitative estimate of drug-likeness (QED) is 0.775. The number of nitriles is 1. The van der Waals surface area contributed by atoms with Gasteiger partial charge in [-0.15, -0.1) is 0 Å². The number of anilines is 1. The standard InChI is InChI=1S/C14H20N2/c1-10(2)12-6-7-14(16(4)5)13(8-9-15)11(12)3/h6-7,10H,8H2,1-5H3. The first kappa shape index (κ1) is 12.6. The molecule has 0 atom stereocenters. The molecule has 0 N–H and O–H groups in total. The molecule has 0 radical (unpaired) electrons. The van der Waals surface area contributed by atoms with Gasteiger partial charge in [0.15, 0.2) is 0 Å². The lowest BCUT2D eigenvalue weighted by Gasteiger charge is -2.21. The van der Waals surface area contributed by atoms with Gasteiger partial charge in [-0.2, -0.15) is 5.26 Å². The SMILES string of the molecule is Cc1c(C(C)C)ccc(N(C)C)c1CC#N. The lowest BCUT2D eigenvalue weighted by molar-refractivity contribution is 0.851. The van der Waals surface area contributed by atoms with E-state index in [-0.39, 0.29) is 0 Å². The van der Waals surface area contributed by atoms with Gasteiger partial charge in [-0.3, -0.25) is 0 Å². The van der Waals surface area contributed by atoms with Crippen LogP contribution in [0.2, 0.25) is 0 Å². The Morgan fingerprint density at radius 3 is 2.38 bits per heavy atom. The van der Waals surface area contributed by atoms with Gasteiger partial charge in [0, 0.05) is 19.8 Å². The second-order valence-electron chi connectivity index (χ2n) is 4.66. The second kappa shape index (κ2) is 5.03. The number of rotatable bonds is 3. The molecule has 0 saturated heterocycles. The van der Waals surface area contributed by atoms with Gasteiger partial charge in [-0.25, -0.2) is 0 Å². The second-order valence-corrected chi connectivity index (χ2v) is 4.66. The molecule has 0 saturated carbocycles. The fraction of sp³-hybridized carbons (Fsp3) is 0.500. The summed E-state index contributed by atoms with van der Waals surface area (Å²) in [4.78, 5) is 2.07. The Bertz CT molecular complexity index is 411. The van der Waals surface area contributed by atoms with Gasteiger partial charge in [-0.05, 0) is 35.6 Å². The lowest BCUT2D eigenvalue weighted by atomic mass is 9.92. The first-order valence-corrected chi connectivity index (χ1v) is 5.65. The molecule has 2 heteroatoms. The van der Waals surface area contributed by atoms with Crippen molar-refractivity contribution in [2.24, 2.45) is 0 Å². The van der Waals surface area contributed by atoms with Crippen molar-refractivity contribution >= 4 is 5.69 Å². The van der Waals surface area contributed by atoms with Crippen LogP contribution in [0.1, 0.15) is 36.5 Å². The summed E-state index contributed by atoms with van der Waals surface area (Å²) in [5.74, 6) is 0.508. The number of nitrogens with zero attached hydrogens (tertiary/aromatic N) is 2. The Labute approximate surface area is 98.5 Å². The van der Waals surface area contributed by atoms with E-state index in [1.54, 1.807) is 0 Å². The molecule has 0 bridgehead atoms. The van der Waals surface area contributed by atoms with E-state index < -0.39 is 0 Å². The smallest absolute Gasteiger partial charge is 0.0670 e. The number of hydrogen-bond acceptors (Lipinski definition) is 2. The Kier molecular flexibility index (Phi) is 3.95. The van der Waals surface area contributed by atoms with Crippen LogP contribution in [0.5, 0.6) is 0 Å². The van der Waals surface area contributed by atoms with Crippen LogP contribution < -0.4 is 4.90 Å². The average Bonchev–Trinajstić information content (AvgIpc) is 2.20. The van der Waals surface area contributed by atoms with Gasteiger partial charge in [0.2, 0.25) is 0 Å². The summed E-state index contributed by atoms with van der Waals surface area (Å²) in [5.41, 5.74) is 4.93. The van der Waals surface area contributed by atoms with Gasteiger partial charge in [0.25, 0.3) is 0 Å². The minimum atomic E-state index is 0.486. The molecular formula is C14H20N2. The molecule has 0 aliphatic heterocycles. The molecule has 0 fully saturated rings. The largest absolute Gasteiger partial charge is 0.377 e. The zero-order valence-electron chi connectivity index (χ0n) is 10.8. The van der Waals surface area contributed by atoms with E-state index in [1.807, 2.05) is 14.1 Å². The molecule has 0 spiro atoms. The van der Waals surface area contributed by atoms with Crippen molar-refractivity contribution in [1.29, 1.82) is 5.26 Å². The van der Waals surface area contributed by atoms with Gasteiger partial charge >= 0.3 is 0 Å². The molecule has 0 aliphatic rings. The highest BCUT2D eigenvalue weighted by molar-refractivity contribution is 5.59. The first-order valence-electron chi connectivity index (χ1n) is 5.65. The van der Waals surface area contributed by atoms with Crippen LogP contribution in [0.4, 0.5) is 5.69 Å². The molecule has 0 amide bonds. The summed E-state index contributed by atoms with van der Waals surface area (Å²) < 4.78 is 0. The predicted octanol–water partition coefficient (Wildman–Crippen LogP) is 3.25. The topological polar surface area (TPSA) is 27.0 Å². The van der Waals surface area contributed by atoms with E-state index in [1.165, 1.54) is 16.7 Å². The first-order chi connectivity index (χ1) is 7.49. The summed E-state index contributed by atoms with van der Waals surface area (Å²) in [6.45, 7) is 6.50. The molecule has 1 aromatic rings. The molecule has 0 unspecified atom stereocenters. The molecule has 86 valence electrons. The molecule has 16 heavy (non-hydrogen) atoms. The van der Waals surface area contributed by atoms with E-state index in [0.29, 0.717) is 12.3 Å². The summed E-state index contributed by atoms with van der Waals surface area (Å²) in [5, 5.41) is 8.91. The van der Waals surface area contributed by atoms with E-state index in [4.69, 9.17) is 5.26 Å². The molecule has 1 rings (SSSR count). The Morgan fingerprint density at radius 2 is 1.94 bits per heavy atom. The van der Waals surface area contributed by atoms with Crippen molar-refractivity contribution in [3.8, 4) is 6.07 Å². The fourth-order valence-electron chi connectivity index (χ4n) is 2.11. The Morgan fingerprint density at radius 1 is 1.31 bits per heavy atom. The van der Waals surface area contributed by atoms with Crippen molar-refractivity contribution < 1.29 is 0 Å². The van der Waals surface area contributed by atoms with Crippen LogP contribution in [0, 0.1) is 18.3 Å². The van der Waals surface area contributed by atoms with Crippen molar-refractivity contribution in [2.45, 2.75) is 33.1 Å². The van der Waals surface area contributed by atoms with Crippen molar-refractivity contribution in [2.75, 3.05) is 19.0 Å². The molecule has 0 aliphatic carbocycles. The van der Waals surface area contributed by atoms with Gasteiger partial charge in [-0.1, -0.05) is 19.9 Å². The Balaban J connectivity index is 3.36. The number of hydrogen-bond donors (Lipinski definition) is 0.